The Labute approximate surface area is 136 Å². The van der Waals surface area contributed by atoms with Gasteiger partial charge in [0.2, 0.25) is 10.0 Å². The van der Waals surface area contributed by atoms with Gasteiger partial charge in [-0.25, -0.2) is 8.42 Å². The zero-order valence-electron chi connectivity index (χ0n) is 12.9. The van der Waals surface area contributed by atoms with E-state index in [4.69, 9.17) is 10.5 Å². The molecular weight excluding hydrogens is 312 g/mol. The Morgan fingerprint density at radius 3 is 2.30 bits per heavy atom. The van der Waals surface area contributed by atoms with Gasteiger partial charge in [0.1, 0.15) is 5.75 Å². The lowest BCUT2D eigenvalue weighted by molar-refractivity contribution is 0.414. The molecule has 6 heteroatoms. The van der Waals surface area contributed by atoms with Crippen molar-refractivity contribution >= 4 is 10.0 Å². The Balaban J connectivity index is 1.84. The summed E-state index contributed by atoms with van der Waals surface area (Å²) in [7, 11) is -1.99. The molecule has 0 amide bonds. The highest BCUT2D eigenvalue weighted by atomic mass is 32.2. The Morgan fingerprint density at radius 1 is 1.04 bits per heavy atom. The van der Waals surface area contributed by atoms with Gasteiger partial charge in [-0.2, -0.15) is 4.31 Å². The van der Waals surface area contributed by atoms with Crippen LogP contribution in [-0.4, -0.2) is 39.0 Å². The Morgan fingerprint density at radius 2 is 1.70 bits per heavy atom. The number of hydrogen-bond acceptors (Lipinski definition) is 4. The van der Waals surface area contributed by atoms with E-state index in [9.17, 15) is 8.42 Å². The van der Waals surface area contributed by atoms with Crippen LogP contribution in [-0.2, 0) is 10.0 Å². The zero-order valence-corrected chi connectivity index (χ0v) is 13.7. The quantitative estimate of drug-likeness (QED) is 0.927. The molecule has 2 aromatic rings. The van der Waals surface area contributed by atoms with Gasteiger partial charge in [0.25, 0.3) is 0 Å². The molecular formula is C17H20N2O3S. The van der Waals surface area contributed by atoms with Gasteiger partial charge in [-0.05, 0) is 29.8 Å². The van der Waals surface area contributed by atoms with Crippen LogP contribution in [0, 0.1) is 0 Å². The fraction of sp³-hybridized carbons (Fsp3) is 0.294. The van der Waals surface area contributed by atoms with Crippen LogP contribution in [0.1, 0.15) is 11.5 Å². The molecule has 122 valence electrons. The van der Waals surface area contributed by atoms with Crippen molar-refractivity contribution in [3.05, 3.63) is 60.2 Å². The van der Waals surface area contributed by atoms with Crippen molar-refractivity contribution in [2.24, 2.45) is 5.73 Å². The molecule has 2 aromatic carbocycles. The van der Waals surface area contributed by atoms with Gasteiger partial charge in [-0.15, -0.1) is 0 Å². The van der Waals surface area contributed by atoms with Gasteiger partial charge in [0.15, 0.2) is 0 Å². The molecule has 2 N–H and O–H groups in total. The second kappa shape index (κ2) is 6.31. The molecule has 0 aliphatic carbocycles. The molecule has 2 unspecified atom stereocenters. The maximum atomic E-state index is 12.8. The molecule has 1 fully saturated rings. The highest BCUT2D eigenvalue weighted by molar-refractivity contribution is 7.89. The molecule has 0 saturated carbocycles. The minimum atomic E-state index is -3.54. The van der Waals surface area contributed by atoms with Crippen LogP contribution in [0.3, 0.4) is 0 Å². The van der Waals surface area contributed by atoms with Crippen molar-refractivity contribution in [2.75, 3.05) is 20.2 Å². The predicted molar refractivity (Wildman–Crippen MR) is 88.9 cm³/mol. The van der Waals surface area contributed by atoms with Crippen molar-refractivity contribution in [1.29, 1.82) is 0 Å². The number of benzene rings is 2. The lowest BCUT2D eigenvalue weighted by Gasteiger charge is -2.17. The minimum absolute atomic E-state index is 0.0178. The van der Waals surface area contributed by atoms with Crippen molar-refractivity contribution in [2.45, 2.75) is 16.9 Å². The molecule has 0 spiro atoms. The molecule has 0 radical (unpaired) electrons. The highest BCUT2D eigenvalue weighted by Crippen LogP contribution is 2.30. The number of nitrogens with zero attached hydrogens (tertiary/aromatic N) is 1. The summed E-state index contributed by atoms with van der Waals surface area (Å²) in [6.45, 7) is 0.730. The predicted octanol–water partition coefficient (Wildman–Crippen LogP) is 1.81. The monoisotopic (exact) mass is 332 g/mol. The van der Waals surface area contributed by atoms with Gasteiger partial charge in [0.05, 0.1) is 12.0 Å². The van der Waals surface area contributed by atoms with E-state index < -0.39 is 10.0 Å². The molecule has 0 aromatic heterocycles. The van der Waals surface area contributed by atoms with Gasteiger partial charge in [-0.3, -0.25) is 0 Å². The van der Waals surface area contributed by atoms with Crippen molar-refractivity contribution in [3.63, 3.8) is 0 Å². The number of sulfonamides is 1. The average molecular weight is 332 g/mol. The molecule has 1 aliphatic rings. The Bertz CT molecular complexity index is 760. The van der Waals surface area contributed by atoms with Crippen molar-refractivity contribution < 1.29 is 13.2 Å². The van der Waals surface area contributed by atoms with E-state index in [1.165, 1.54) is 4.31 Å². The number of hydrogen-bond donors (Lipinski definition) is 1. The van der Waals surface area contributed by atoms with E-state index in [0.717, 1.165) is 5.56 Å². The van der Waals surface area contributed by atoms with Crippen LogP contribution in [0.5, 0.6) is 5.75 Å². The summed E-state index contributed by atoms with van der Waals surface area (Å²) in [6, 6.07) is 16.1. The second-order valence-electron chi connectivity index (χ2n) is 5.68. The minimum Gasteiger partial charge on any atom is -0.497 e. The summed E-state index contributed by atoms with van der Waals surface area (Å²) >= 11 is 0. The van der Waals surface area contributed by atoms with Crippen LogP contribution in [0.4, 0.5) is 0 Å². The van der Waals surface area contributed by atoms with Crippen molar-refractivity contribution in [3.8, 4) is 5.75 Å². The number of methoxy groups -OCH3 is 1. The van der Waals surface area contributed by atoms with Gasteiger partial charge < -0.3 is 10.5 Å². The van der Waals surface area contributed by atoms with Crippen LogP contribution in [0.15, 0.2) is 59.5 Å². The molecule has 3 rings (SSSR count). The summed E-state index contributed by atoms with van der Waals surface area (Å²) in [5.41, 5.74) is 7.27. The van der Waals surface area contributed by atoms with Crippen LogP contribution in [0.2, 0.25) is 0 Å². The lowest BCUT2D eigenvalue weighted by atomic mass is 9.95. The Kier molecular flexibility index (Phi) is 4.39. The van der Waals surface area contributed by atoms with Crippen molar-refractivity contribution in [1.82, 2.24) is 4.31 Å². The average Bonchev–Trinajstić information content (AvgIpc) is 2.98. The van der Waals surface area contributed by atoms with Crippen LogP contribution in [0.25, 0.3) is 0 Å². The number of nitrogens with two attached hydrogens (primary N) is 1. The number of ether oxygens (including phenoxy) is 1. The third kappa shape index (κ3) is 3.10. The first kappa shape index (κ1) is 16.0. The molecule has 5 nitrogen and oxygen atoms in total. The maximum absolute atomic E-state index is 12.8. The first-order valence-electron chi connectivity index (χ1n) is 7.47. The molecule has 1 heterocycles. The van der Waals surface area contributed by atoms with E-state index >= 15 is 0 Å². The van der Waals surface area contributed by atoms with E-state index in [1.807, 2.05) is 30.3 Å². The highest BCUT2D eigenvalue weighted by Gasteiger charge is 2.38. The normalized spacial score (nSPS) is 22.2. The fourth-order valence-electron chi connectivity index (χ4n) is 2.94. The summed E-state index contributed by atoms with van der Waals surface area (Å²) in [4.78, 5) is 0.263. The lowest BCUT2D eigenvalue weighted by Crippen LogP contribution is -2.32. The standard InChI is InChI=1S/C17H20N2O3S/c1-22-14-7-9-15(10-8-14)23(20,21)19-11-16(17(18)12-19)13-5-3-2-4-6-13/h2-10,16-17H,11-12,18H2,1H3. The van der Waals surface area contributed by atoms with E-state index in [0.29, 0.717) is 18.8 Å². The van der Waals surface area contributed by atoms with Gasteiger partial charge in [0, 0.05) is 25.0 Å². The summed E-state index contributed by atoms with van der Waals surface area (Å²) in [5.74, 6) is 0.647. The molecule has 23 heavy (non-hydrogen) atoms. The first-order chi connectivity index (χ1) is 11.0. The largest absolute Gasteiger partial charge is 0.497 e. The number of rotatable bonds is 4. The second-order valence-corrected chi connectivity index (χ2v) is 7.62. The smallest absolute Gasteiger partial charge is 0.243 e. The van der Waals surface area contributed by atoms with Gasteiger partial charge >= 0.3 is 0 Å². The van der Waals surface area contributed by atoms with Crippen LogP contribution >= 0.6 is 0 Å². The SMILES string of the molecule is COc1ccc(S(=O)(=O)N2CC(N)C(c3ccccc3)C2)cc1. The van der Waals surface area contributed by atoms with E-state index in [2.05, 4.69) is 0 Å². The molecule has 2 atom stereocenters. The first-order valence-corrected chi connectivity index (χ1v) is 8.91. The summed E-state index contributed by atoms with van der Waals surface area (Å²) in [5, 5.41) is 0. The third-order valence-electron chi connectivity index (χ3n) is 4.26. The molecule has 1 saturated heterocycles. The van der Waals surface area contributed by atoms with E-state index in [-0.39, 0.29) is 16.9 Å². The van der Waals surface area contributed by atoms with Crippen LogP contribution < -0.4 is 10.5 Å². The topological polar surface area (TPSA) is 72.6 Å². The molecule has 1 aliphatic heterocycles. The fourth-order valence-corrected chi connectivity index (χ4v) is 4.44. The summed E-state index contributed by atoms with van der Waals surface area (Å²) in [6.07, 6.45) is 0. The molecule has 0 bridgehead atoms. The maximum Gasteiger partial charge on any atom is 0.243 e. The Hall–Kier alpha value is -1.89. The summed E-state index contributed by atoms with van der Waals surface area (Å²) < 4.78 is 32.1. The van der Waals surface area contributed by atoms with E-state index in [1.54, 1.807) is 31.4 Å². The zero-order chi connectivity index (χ0) is 16.4. The third-order valence-corrected chi connectivity index (χ3v) is 6.10. The van der Waals surface area contributed by atoms with Gasteiger partial charge in [-0.1, -0.05) is 30.3 Å².